The zero-order valence-electron chi connectivity index (χ0n) is 11.7. The van der Waals surface area contributed by atoms with Gasteiger partial charge >= 0.3 is 6.36 Å². The first-order valence-corrected chi connectivity index (χ1v) is 7.30. The Kier molecular flexibility index (Phi) is 4.72. The topological polar surface area (TPSA) is 27.7 Å². The number of hydrogen-bond acceptors (Lipinski definition) is 3. The van der Waals surface area contributed by atoms with E-state index >= 15 is 0 Å². The molecule has 1 unspecified atom stereocenters. The molecule has 1 heterocycles. The third-order valence-corrected chi connectivity index (χ3v) is 3.74. The molecule has 7 heteroatoms. The van der Waals surface area contributed by atoms with Crippen LogP contribution in [0.4, 0.5) is 13.2 Å². The second-order valence-corrected chi connectivity index (χ2v) is 6.34. The van der Waals surface area contributed by atoms with Gasteiger partial charge in [-0.3, -0.25) is 0 Å². The molecule has 1 aromatic carbocycles. The average molecular weight is 369 g/mol. The molecule has 0 amide bonds. The fraction of sp³-hybridized carbons (Fsp3) is 0.571. The monoisotopic (exact) mass is 368 g/mol. The summed E-state index contributed by atoms with van der Waals surface area (Å²) in [5, 5.41) is 0. The lowest BCUT2D eigenvalue weighted by atomic mass is 10.1. The van der Waals surface area contributed by atoms with E-state index in [9.17, 15) is 13.2 Å². The Bertz CT molecular complexity index is 503. The minimum Gasteiger partial charge on any atom is -0.491 e. The standard InChI is InChI=1S/C14H16BrF3O3/c1-13(2)6-5-10(20-13)8-19-9-3-4-12(11(15)7-9)21-14(16,17)18/h3-4,7,10H,5-6,8H2,1-2H3. The van der Waals surface area contributed by atoms with Gasteiger partial charge in [0.05, 0.1) is 16.2 Å². The van der Waals surface area contributed by atoms with Crippen LogP contribution in [0.5, 0.6) is 11.5 Å². The van der Waals surface area contributed by atoms with Crippen LogP contribution < -0.4 is 9.47 Å². The lowest BCUT2D eigenvalue weighted by Crippen LogP contribution is -2.23. The van der Waals surface area contributed by atoms with E-state index in [-0.39, 0.29) is 21.9 Å². The molecule has 0 saturated carbocycles. The molecular formula is C14H16BrF3O3. The van der Waals surface area contributed by atoms with Crippen molar-refractivity contribution in [1.82, 2.24) is 0 Å². The number of hydrogen-bond donors (Lipinski definition) is 0. The van der Waals surface area contributed by atoms with Gasteiger partial charge in [-0.05, 0) is 60.8 Å². The molecular weight excluding hydrogens is 353 g/mol. The van der Waals surface area contributed by atoms with Crippen molar-refractivity contribution in [2.45, 2.75) is 44.8 Å². The molecule has 118 valence electrons. The Hall–Kier alpha value is -0.950. The van der Waals surface area contributed by atoms with Gasteiger partial charge in [0, 0.05) is 0 Å². The van der Waals surface area contributed by atoms with Crippen molar-refractivity contribution in [3.05, 3.63) is 22.7 Å². The van der Waals surface area contributed by atoms with Crippen LogP contribution in [0.1, 0.15) is 26.7 Å². The smallest absolute Gasteiger partial charge is 0.491 e. The maximum absolute atomic E-state index is 12.2. The number of benzene rings is 1. The maximum Gasteiger partial charge on any atom is 0.573 e. The van der Waals surface area contributed by atoms with E-state index in [2.05, 4.69) is 20.7 Å². The summed E-state index contributed by atoms with van der Waals surface area (Å²) in [6.45, 7) is 4.41. The Balaban J connectivity index is 1.92. The molecule has 1 aliphatic heterocycles. The first kappa shape index (κ1) is 16.4. The van der Waals surface area contributed by atoms with Gasteiger partial charge in [-0.25, -0.2) is 0 Å². The van der Waals surface area contributed by atoms with Gasteiger partial charge in [-0.15, -0.1) is 13.2 Å². The lowest BCUT2D eigenvalue weighted by Gasteiger charge is -2.19. The molecule has 0 aliphatic carbocycles. The quantitative estimate of drug-likeness (QED) is 0.771. The van der Waals surface area contributed by atoms with Gasteiger partial charge in [-0.1, -0.05) is 0 Å². The number of rotatable bonds is 4. The van der Waals surface area contributed by atoms with Crippen molar-refractivity contribution >= 4 is 15.9 Å². The van der Waals surface area contributed by atoms with Crippen molar-refractivity contribution < 1.29 is 27.4 Å². The third-order valence-electron chi connectivity index (χ3n) is 3.12. The number of halogens is 4. The second kappa shape index (κ2) is 6.04. The summed E-state index contributed by atoms with van der Waals surface area (Å²) < 4.78 is 51.9. The molecule has 1 atom stereocenters. The molecule has 1 aromatic rings. The summed E-state index contributed by atoms with van der Waals surface area (Å²) in [6, 6.07) is 4.10. The van der Waals surface area contributed by atoms with Gasteiger partial charge in [0.2, 0.25) is 0 Å². The van der Waals surface area contributed by atoms with Crippen LogP contribution in [0.3, 0.4) is 0 Å². The molecule has 0 N–H and O–H groups in total. The maximum atomic E-state index is 12.2. The van der Waals surface area contributed by atoms with Gasteiger partial charge in [0.1, 0.15) is 18.1 Å². The van der Waals surface area contributed by atoms with E-state index in [1.165, 1.54) is 18.2 Å². The number of alkyl halides is 3. The highest BCUT2D eigenvalue weighted by Gasteiger charge is 2.33. The summed E-state index contributed by atoms with van der Waals surface area (Å²) in [4.78, 5) is 0. The normalized spacial score (nSPS) is 21.3. The molecule has 2 rings (SSSR count). The van der Waals surface area contributed by atoms with Crippen LogP contribution in [-0.4, -0.2) is 24.7 Å². The van der Waals surface area contributed by atoms with Crippen molar-refractivity contribution in [2.24, 2.45) is 0 Å². The zero-order valence-corrected chi connectivity index (χ0v) is 13.3. The molecule has 0 spiro atoms. The summed E-state index contributed by atoms with van der Waals surface area (Å²) in [7, 11) is 0. The molecule has 0 radical (unpaired) electrons. The van der Waals surface area contributed by atoms with Gasteiger partial charge in [0.15, 0.2) is 0 Å². The van der Waals surface area contributed by atoms with Gasteiger partial charge < -0.3 is 14.2 Å². The Morgan fingerprint density at radius 1 is 1.38 bits per heavy atom. The van der Waals surface area contributed by atoms with Crippen molar-refractivity contribution in [3.63, 3.8) is 0 Å². The van der Waals surface area contributed by atoms with E-state index < -0.39 is 6.36 Å². The predicted octanol–water partition coefficient (Wildman–Crippen LogP) is 4.68. The minimum atomic E-state index is -4.71. The largest absolute Gasteiger partial charge is 0.573 e. The first-order chi connectivity index (χ1) is 9.65. The van der Waals surface area contributed by atoms with E-state index in [1.807, 2.05) is 13.8 Å². The van der Waals surface area contributed by atoms with Crippen molar-refractivity contribution in [1.29, 1.82) is 0 Å². The fourth-order valence-corrected chi connectivity index (χ4v) is 2.60. The van der Waals surface area contributed by atoms with Crippen molar-refractivity contribution in [2.75, 3.05) is 6.61 Å². The summed E-state index contributed by atoms with van der Waals surface area (Å²) in [5.41, 5.74) is -0.140. The second-order valence-electron chi connectivity index (χ2n) is 5.49. The highest BCUT2D eigenvalue weighted by molar-refractivity contribution is 9.10. The molecule has 3 nitrogen and oxygen atoms in total. The molecule has 1 saturated heterocycles. The van der Waals surface area contributed by atoms with E-state index in [0.29, 0.717) is 12.4 Å². The van der Waals surface area contributed by atoms with Crippen LogP contribution in [0.15, 0.2) is 22.7 Å². The lowest BCUT2D eigenvalue weighted by molar-refractivity contribution is -0.274. The summed E-state index contributed by atoms with van der Waals surface area (Å²) in [5.74, 6) is 0.165. The van der Waals surface area contributed by atoms with E-state index in [4.69, 9.17) is 9.47 Å². The van der Waals surface area contributed by atoms with E-state index in [0.717, 1.165) is 12.8 Å². The SMILES string of the molecule is CC1(C)CCC(COc2ccc(OC(F)(F)F)c(Br)c2)O1. The fourth-order valence-electron chi connectivity index (χ4n) is 2.16. The minimum absolute atomic E-state index is 0.00452. The predicted molar refractivity (Wildman–Crippen MR) is 74.5 cm³/mol. The highest BCUT2D eigenvalue weighted by Crippen LogP contribution is 2.34. The van der Waals surface area contributed by atoms with Crippen LogP contribution in [0.25, 0.3) is 0 Å². The molecule has 1 aliphatic rings. The van der Waals surface area contributed by atoms with Crippen LogP contribution in [0.2, 0.25) is 0 Å². The Morgan fingerprint density at radius 2 is 2.10 bits per heavy atom. The Morgan fingerprint density at radius 3 is 2.62 bits per heavy atom. The summed E-state index contributed by atoms with van der Waals surface area (Å²) in [6.07, 6.45) is -2.84. The molecule has 1 fully saturated rings. The first-order valence-electron chi connectivity index (χ1n) is 6.50. The molecule has 0 aromatic heterocycles. The van der Waals surface area contributed by atoms with Crippen LogP contribution in [0, 0.1) is 0 Å². The van der Waals surface area contributed by atoms with Crippen LogP contribution in [-0.2, 0) is 4.74 Å². The van der Waals surface area contributed by atoms with E-state index in [1.54, 1.807) is 0 Å². The van der Waals surface area contributed by atoms with Gasteiger partial charge in [-0.2, -0.15) is 0 Å². The highest BCUT2D eigenvalue weighted by atomic mass is 79.9. The molecule has 21 heavy (non-hydrogen) atoms. The van der Waals surface area contributed by atoms with Crippen molar-refractivity contribution in [3.8, 4) is 11.5 Å². The van der Waals surface area contributed by atoms with Crippen LogP contribution >= 0.6 is 15.9 Å². The zero-order chi connectivity index (χ0) is 15.7. The Labute approximate surface area is 129 Å². The van der Waals surface area contributed by atoms with Gasteiger partial charge in [0.25, 0.3) is 0 Å². The average Bonchev–Trinajstić information content (AvgIpc) is 2.68. The summed E-state index contributed by atoms with van der Waals surface area (Å²) >= 11 is 3.04. The molecule has 0 bridgehead atoms. The number of ether oxygens (including phenoxy) is 3. The third kappa shape index (κ3) is 5.07.